The predicted octanol–water partition coefficient (Wildman–Crippen LogP) is 19.1. The molecule has 6 N–H and O–H groups in total. The molecule has 0 aromatic heterocycles. The second kappa shape index (κ2) is 60.1. The molecule has 1 saturated heterocycles. The second-order valence-electron chi connectivity index (χ2n) is 25.0. The summed E-state index contributed by atoms with van der Waals surface area (Å²) < 4.78 is 11.3. The van der Waals surface area contributed by atoms with Gasteiger partial charge in [-0.25, -0.2) is 0 Å². The fourth-order valence-corrected chi connectivity index (χ4v) is 11.8. The Balaban J connectivity index is 2.10. The highest BCUT2D eigenvalue weighted by atomic mass is 16.7. The van der Waals surface area contributed by atoms with Gasteiger partial charge in [0.25, 0.3) is 0 Å². The summed E-state index contributed by atoms with van der Waals surface area (Å²) in [6.07, 6.45) is 70.4. The first kappa shape index (κ1) is 75.9. The zero-order valence-electron chi connectivity index (χ0n) is 52.7. The highest BCUT2D eigenvalue weighted by molar-refractivity contribution is 5.76. The molecule has 0 bridgehead atoms. The molecule has 0 saturated carbocycles. The van der Waals surface area contributed by atoms with Gasteiger partial charge in [-0.15, -0.1) is 0 Å². The van der Waals surface area contributed by atoms with Crippen LogP contribution in [0.4, 0.5) is 0 Å². The standard InChI is InChI=1S/C70H137NO8/c1-3-5-7-9-11-13-15-17-19-21-23-25-27-28-29-30-31-32-33-34-35-36-38-39-41-43-45-47-49-51-53-55-57-59-64(73)63(62-78-70-69(77)68(76)67(75)65(61-72)79-70)71-66(74)60-58-56-54-52-50-48-46-44-42-40-37-26-24-22-20-18-16-14-12-10-8-6-4-2/h57,59,63-65,67-70,72-73,75-77H,3-56,58,60-62H2,1-2H3,(H,71,74)/b59-57+. The van der Waals surface area contributed by atoms with Crippen molar-refractivity contribution >= 4 is 5.91 Å². The van der Waals surface area contributed by atoms with E-state index in [1.54, 1.807) is 6.08 Å². The van der Waals surface area contributed by atoms with Gasteiger partial charge in [0.15, 0.2) is 6.29 Å². The molecule has 1 aliphatic heterocycles. The molecule has 470 valence electrons. The van der Waals surface area contributed by atoms with Crippen LogP contribution in [0.3, 0.4) is 0 Å². The van der Waals surface area contributed by atoms with E-state index in [1.165, 1.54) is 315 Å². The maximum atomic E-state index is 13.1. The largest absolute Gasteiger partial charge is 0.394 e. The van der Waals surface area contributed by atoms with Gasteiger partial charge in [0, 0.05) is 6.42 Å². The van der Waals surface area contributed by atoms with Crippen molar-refractivity contribution < 1.29 is 39.8 Å². The number of hydrogen-bond acceptors (Lipinski definition) is 8. The quantitative estimate of drug-likeness (QED) is 0.0261. The number of nitrogens with one attached hydrogen (secondary N) is 1. The van der Waals surface area contributed by atoms with E-state index in [-0.39, 0.29) is 12.5 Å². The Labute approximate surface area is 490 Å². The molecular formula is C70H137NO8. The number of aliphatic hydroxyl groups excluding tert-OH is 5. The van der Waals surface area contributed by atoms with Crippen LogP contribution in [0.25, 0.3) is 0 Å². The van der Waals surface area contributed by atoms with Gasteiger partial charge in [0.2, 0.25) is 5.91 Å². The second-order valence-corrected chi connectivity index (χ2v) is 25.0. The average Bonchev–Trinajstić information content (AvgIpc) is 3.47. The van der Waals surface area contributed by atoms with E-state index in [2.05, 4.69) is 19.2 Å². The number of ether oxygens (including phenoxy) is 2. The third-order valence-electron chi connectivity index (χ3n) is 17.4. The van der Waals surface area contributed by atoms with E-state index >= 15 is 0 Å². The van der Waals surface area contributed by atoms with E-state index in [0.29, 0.717) is 6.42 Å². The van der Waals surface area contributed by atoms with Crippen LogP contribution in [-0.2, 0) is 14.3 Å². The molecule has 1 heterocycles. The third-order valence-corrected chi connectivity index (χ3v) is 17.4. The van der Waals surface area contributed by atoms with Crippen molar-refractivity contribution in [3.8, 4) is 0 Å². The van der Waals surface area contributed by atoms with Crippen LogP contribution in [0.1, 0.15) is 373 Å². The molecule has 9 nitrogen and oxygen atoms in total. The van der Waals surface area contributed by atoms with Gasteiger partial charge in [-0.2, -0.15) is 0 Å². The summed E-state index contributed by atoms with van der Waals surface area (Å²) in [6.45, 7) is 3.85. The first-order valence-electron chi connectivity index (χ1n) is 35.4. The van der Waals surface area contributed by atoms with Crippen molar-refractivity contribution in [1.82, 2.24) is 5.32 Å². The Morgan fingerprint density at radius 3 is 0.987 bits per heavy atom. The van der Waals surface area contributed by atoms with Gasteiger partial charge in [0.05, 0.1) is 25.4 Å². The molecular weight excluding hydrogens is 983 g/mol. The van der Waals surface area contributed by atoms with Gasteiger partial charge in [-0.3, -0.25) is 4.79 Å². The summed E-state index contributed by atoms with van der Waals surface area (Å²) >= 11 is 0. The SMILES string of the molecule is CCCCCCCCCCCCCCCCCCCCCCCCCCCCCCCCC/C=C/C(O)C(COC1OC(CO)C(O)C(O)C1O)NC(=O)CCCCCCCCCCCCCCCCCCCCCCCCC. The Kier molecular flexibility index (Phi) is 57.7. The maximum absolute atomic E-state index is 13.1. The molecule has 0 radical (unpaired) electrons. The summed E-state index contributed by atoms with van der Waals surface area (Å²) in [5.74, 6) is -0.167. The minimum Gasteiger partial charge on any atom is -0.394 e. The molecule has 7 atom stereocenters. The molecule has 0 aliphatic carbocycles. The molecule has 79 heavy (non-hydrogen) atoms. The predicted molar refractivity (Wildman–Crippen MR) is 337 cm³/mol. The van der Waals surface area contributed by atoms with Gasteiger partial charge < -0.3 is 40.3 Å². The average molecular weight is 1120 g/mol. The lowest BCUT2D eigenvalue weighted by Crippen LogP contribution is -2.60. The van der Waals surface area contributed by atoms with Gasteiger partial charge in [-0.05, 0) is 19.3 Å². The van der Waals surface area contributed by atoms with E-state index in [0.717, 1.165) is 38.5 Å². The van der Waals surface area contributed by atoms with Crippen LogP contribution in [0, 0.1) is 0 Å². The molecule has 0 aromatic carbocycles. The maximum Gasteiger partial charge on any atom is 0.220 e. The molecule has 1 aliphatic rings. The van der Waals surface area contributed by atoms with Crippen LogP contribution < -0.4 is 5.32 Å². The van der Waals surface area contributed by atoms with Crippen molar-refractivity contribution in [3.63, 3.8) is 0 Å². The minimum atomic E-state index is -1.56. The number of amides is 1. The Morgan fingerprint density at radius 1 is 0.418 bits per heavy atom. The van der Waals surface area contributed by atoms with Crippen LogP contribution in [0.5, 0.6) is 0 Å². The Bertz CT molecular complexity index is 1250. The molecule has 7 unspecified atom stereocenters. The lowest BCUT2D eigenvalue weighted by molar-refractivity contribution is -0.302. The molecule has 0 spiro atoms. The van der Waals surface area contributed by atoms with E-state index < -0.39 is 49.5 Å². The van der Waals surface area contributed by atoms with Gasteiger partial charge >= 0.3 is 0 Å². The van der Waals surface area contributed by atoms with Crippen LogP contribution >= 0.6 is 0 Å². The lowest BCUT2D eigenvalue weighted by atomic mass is 9.99. The lowest BCUT2D eigenvalue weighted by Gasteiger charge is -2.40. The number of carbonyl (C=O) groups excluding carboxylic acids is 1. The van der Waals surface area contributed by atoms with Crippen molar-refractivity contribution in [2.45, 2.75) is 416 Å². The van der Waals surface area contributed by atoms with Crippen LogP contribution in [-0.4, -0.2) is 87.5 Å². The molecule has 1 fully saturated rings. The first-order valence-corrected chi connectivity index (χ1v) is 35.4. The Hall–Kier alpha value is -1.07. The van der Waals surface area contributed by atoms with E-state index in [1.807, 2.05) is 6.08 Å². The zero-order valence-corrected chi connectivity index (χ0v) is 52.7. The number of aliphatic hydroxyl groups is 5. The minimum absolute atomic E-state index is 0.167. The molecule has 0 aromatic rings. The van der Waals surface area contributed by atoms with Crippen molar-refractivity contribution in [3.05, 3.63) is 12.2 Å². The van der Waals surface area contributed by atoms with Crippen LogP contribution in [0.2, 0.25) is 0 Å². The summed E-state index contributed by atoms with van der Waals surface area (Å²) in [7, 11) is 0. The molecule has 1 rings (SSSR count). The number of rotatable bonds is 63. The van der Waals surface area contributed by atoms with E-state index in [4.69, 9.17) is 9.47 Å². The van der Waals surface area contributed by atoms with Crippen molar-refractivity contribution in [2.75, 3.05) is 13.2 Å². The summed E-state index contributed by atoms with van der Waals surface area (Å²) in [4.78, 5) is 13.1. The molecule has 9 heteroatoms. The number of hydrogen-bond donors (Lipinski definition) is 6. The van der Waals surface area contributed by atoms with Crippen molar-refractivity contribution in [2.24, 2.45) is 0 Å². The Morgan fingerprint density at radius 2 is 0.696 bits per heavy atom. The van der Waals surface area contributed by atoms with Gasteiger partial charge in [-0.1, -0.05) is 360 Å². The number of carbonyl (C=O) groups is 1. The number of unbranched alkanes of at least 4 members (excludes halogenated alkanes) is 53. The zero-order chi connectivity index (χ0) is 57.2. The molecule has 1 amide bonds. The van der Waals surface area contributed by atoms with Crippen molar-refractivity contribution in [1.29, 1.82) is 0 Å². The monoisotopic (exact) mass is 1120 g/mol. The fourth-order valence-electron chi connectivity index (χ4n) is 11.8. The first-order chi connectivity index (χ1) is 38.8. The topological polar surface area (TPSA) is 149 Å². The highest BCUT2D eigenvalue weighted by Crippen LogP contribution is 2.24. The van der Waals surface area contributed by atoms with E-state index in [9.17, 15) is 30.3 Å². The summed E-state index contributed by atoms with van der Waals surface area (Å²) in [5.41, 5.74) is 0. The fraction of sp³-hybridized carbons (Fsp3) is 0.957. The van der Waals surface area contributed by atoms with Gasteiger partial charge in [0.1, 0.15) is 24.4 Å². The summed E-state index contributed by atoms with van der Waals surface area (Å²) in [6, 6.07) is -0.802. The smallest absolute Gasteiger partial charge is 0.220 e. The number of allylic oxidation sites excluding steroid dienone is 1. The van der Waals surface area contributed by atoms with Crippen LogP contribution in [0.15, 0.2) is 12.2 Å². The summed E-state index contributed by atoms with van der Waals surface area (Å²) in [5, 5.41) is 54.8. The third kappa shape index (κ3) is 49.0. The highest BCUT2D eigenvalue weighted by Gasteiger charge is 2.44. The normalized spacial score (nSPS) is 18.5.